The molecule has 0 aliphatic carbocycles. The Bertz CT molecular complexity index is 963. The van der Waals surface area contributed by atoms with Crippen LogP contribution in [0.1, 0.15) is 21.7 Å². The number of carbonyl (C=O) groups is 1. The summed E-state index contributed by atoms with van der Waals surface area (Å²) in [4.78, 5) is 12.6. The molecule has 0 aliphatic heterocycles. The third-order valence-corrected chi connectivity index (χ3v) is 4.18. The van der Waals surface area contributed by atoms with Crippen LogP contribution in [-0.2, 0) is 0 Å². The molecule has 0 unspecified atom stereocenters. The summed E-state index contributed by atoms with van der Waals surface area (Å²) in [5.41, 5.74) is 3.18. The van der Waals surface area contributed by atoms with E-state index in [1.807, 2.05) is 42.7 Å². The van der Waals surface area contributed by atoms with E-state index < -0.39 is 11.6 Å². The van der Waals surface area contributed by atoms with Crippen molar-refractivity contribution in [3.63, 3.8) is 0 Å². The first-order valence-corrected chi connectivity index (χ1v) is 8.00. The van der Waals surface area contributed by atoms with Crippen LogP contribution in [0.4, 0.5) is 14.5 Å². The lowest BCUT2D eigenvalue weighted by molar-refractivity contribution is 0.102. The Balaban J connectivity index is 1.90. The van der Waals surface area contributed by atoms with Crippen molar-refractivity contribution >= 4 is 11.6 Å². The van der Waals surface area contributed by atoms with Crippen LogP contribution >= 0.6 is 0 Å². The summed E-state index contributed by atoms with van der Waals surface area (Å²) < 4.78 is 33.5. The molecule has 1 amide bonds. The van der Waals surface area contributed by atoms with Crippen LogP contribution in [0.5, 0.6) is 5.75 Å². The lowest BCUT2D eigenvalue weighted by Crippen LogP contribution is -2.13. The minimum atomic E-state index is -1.01. The van der Waals surface area contributed by atoms with Crippen molar-refractivity contribution in [2.24, 2.45) is 0 Å². The number of carbonyl (C=O) groups excluding carboxylic acids is 1. The molecule has 1 N–H and O–H groups in total. The number of halogens is 2. The van der Waals surface area contributed by atoms with E-state index in [-0.39, 0.29) is 11.6 Å². The van der Waals surface area contributed by atoms with Gasteiger partial charge in [-0.1, -0.05) is 0 Å². The standard InChI is InChI=1S/C20H18F2N2O2/c1-12-10-17(20(25)23-14-4-9-18(21)19(22)11-14)13(2)24(12)15-5-7-16(26-3)8-6-15/h4-11H,1-3H3,(H,23,25). The average Bonchev–Trinajstić information content (AvgIpc) is 2.93. The molecular formula is C20H18F2N2O2. The Morgan fingerprint density at radius 3 is 2.31 bits per heavy atom. The van der Waals surface area contributed by atoms with Gasteiger partial charge in [0.05, 0.1) is 12.7 Å². The van der Waals surface area contributed by atoms with Gasteiger partial charge in [0.25, 0.3) is 5.91 Å². The Morgan fingerprint density at radius 1 is 1.00 bits per heavy atom. The monoisotopic (exact) mass is 356 g/mol. The fourth-order valence-electron chi connectivity index (χ4n) is 2.89. The van der Waals surface area contributed by atoms with Gasteiger partial charge >= 0.3 is 0 Å². The number of hydrogen-bond acceptors (Lipinski definition) is 2. The number of nitrogens with one attached hydrogen (secondary N) is 1. The van der Waals surface area contributed by atoms with Crippen molar-refractivity contribution in [3.8, 4) is 11.4 Å². The van der Waals surface area contributed by atoms with Gasteiger partial charge in [-0.2, -0.15) is 0 Å². The number of ether oxygens (including phenoxy) is 1. The quantitative estimate of drug-likeness (QED) is 0.740. The van der Waals surface area contributed by atoms with Crippen LogP contribution in [0.3, 0.4) is 0 Å². The minimum Gasteiger partial charge on any atom is -0.497 e. The lowest BCUT2D eigenvalue weighted by Gasteiger charge is -2.11. The number of methoxy groups -OCH3 is 1. The van der Waals surface area contributed by atoms with E-state index in [1.54, 1.807) is 13.2 Å². The molecule has 0 saturated carbocycles. The molecule has 2 aromatic carbocycles. The van der Waals surface area contributed by atoms with Gasteiger partial charge in [-0.15, -0.1) is 0 Å². The Hall–Kier alpha value is -3.15. The van der Waals surface area contributed by atoms with E-state index in [9.17, 15) is 13.6 Å². The first-order valence-electron chi connectivity index (χ1n) is 8.00. The maximum absolute atomic E-state index is 13.3. The van der Waals surface area contributed by atoms with Crippen LogP contribution in [0.15, 0.2) is 48.5 Å². The highest BCUT2D eigenvalue weighted by molar-refractivity contribution is 6.05. The molecule has 0 fully saturated rings. The van der Waals surface area contributed by atoms with Crippen molar-refractivity contribution in [2.75, 3.05) is 12.4 Å². The molecule has 6 heteroatoms. The summed E-state index contributed by atoms with van der Waals surface area (Å²) in [5.74, 6) is -1.61. The number of anilines is 1. The first kappa shape index (κ1) is 17.7. The maximum atomic E-state index is 13.3. The summed E-state index contributed by atoms with van der Waals surface area (Å²) in [6.07, 6.45) is 0. The third kappa shape index (κ3) is 3.31. The SMILES string of the molecule is COc1ccc(-n2c(C)cc(C(=O)Nc3ccc(F)c(F)c3)c2C)cc1. The highest BCUT2D eigenvalue weighted by Crippen LogP contribution is 2.24. The molecule has 0 spiro atoms. The maximum Gasteiger partial charge on any atom is 0.257 e. The third-order valence-electron chi connectivity index (χ3n) is 4.18. The summed E-state index contributed by atoms with van der Waals surface area (Å²) in [5, 5.41) is 2.60. The second-order valence-electron chi connectivity index (χ2n) is 5.90. The number of aromatic nitrogens is 1. The van der Waals surface area contributed by atoms with E-state index in [4.69, 9.17) is 4.74 Å². The van der Waals surface area contributed by atoms with Crippen molar-refractivity contribution in [1.82, 2.24) is 4.57 Å². The van der Waals surface area contributed by atoms with E-state index in [0.717, 1.165) is 35.0 Å². The van der Waals surface area contributed by atoms with Gasteiger partial charge in [0, 0.05) is 28.8 Å². The van der Waals surface area contributed by atoms with Crippen LogP contribution in [-0.4, -0.2) is 17.6 Å². The van der Waals surface area contributed by atoms with Crippen molar-refractivity contribution in [3.05, 3.63) is 77.1 Å². The lowest BCUT2D eigenvalue weighted by atomic mass is 10.2. The molecule has 0 radical (unpaired) electrons. The molecule has 1 heterocycles. The molecule has 0 atom stereocenters. The second kappa shape index (κ2) is 7.00. The summed E-state index contributed by atoms with van der Waals surface area (Å²) >= 11 is 0. The number of amides is 1. The van der Waals surface area contributed by atoms with Crippen molar-refractivity contribution < 1.29 is 18.3 Å². The summed E-state index contributed by atoms with van der Waals surface area (Å²) in [6, 6.07) is 12.5. The zero-order chi connectivity index (χ0) is 18.8. The predicted molar refractivity (Wildman–Crippen MR) is 96.1 cm³/mol. The van der Waals surface area contributed by atoms with Crippen LogP contribution in [0.25, 0.3) is 5.69 Å². The number of nitrogens with zero attached hydrogens (tertiary/aromatic N) is 1. The molecule has 3 aromatic rings. The van der Waals surface area contributed by atoms with E-state index >= 15 is 0 Å². The minimum absolute atomic E-state index is 0.197. The van der Waals surface area contributed by atoms with Gasteiger partial charge in [-0.3, -0.25) is 4.79 Å². The molecule has 1 aromatic heterocycles. The largest absolute Gasteiger partial charge is 0.497 e. The second-order valence-corrected chi connectivity index (χ2v) is 5.90. The number of hydrogen-bond donors (Lipinski definition) is 1. The van der Waals surface area contributed by atoms with E-state index in [2.05, 4.69) is 5.32 Å². The van der Waals surface area contributed by atoms with Gasteiger partial charge < -0.3 is 14.6 Å². The Labute approximate surface area is 150 Å². The number of rotatable bonds is 4. The molecule has 4 nitrogen and oxygen atoms in total. The van der Waals surface area contributed by atoms with Crippen molar-refractivity contribution in [2.45, 2.75) is 13.8 Å². The fourth-order valence-corrected chi connectivity index (χ4v) is 2.89. The van der Waals surface area contributed by atoms with Crippen LogP contribution < -0.4 is 10.1 Å². The first-order chi connectivity index (χ1) is 12.4. The molecular weight excluding hydrogens is 338 g/mol. The van der Waals surface area contributed by atoms with Crippen LogP contribution in [0.2, 0.25) is 0 Å². The fraction of sp³-hybridized carbons (Fsp3) is 0.150. The smallest absolute Gasteiger partial charge is 0.257 e. The molecule has 0 bridgehead atoms. The highest BCUT2D eigenvalue weighted by atomic mass is 19.2. The summed E-state index contributed by atoms with van der Waals surface area (Å²) in [6.45, 7) is 3.73. The van der Waals surface area contributed by atoms with Crippen LogP contribution in [0, 0.1) is 25.5 Å². The van der Waals surface area contributed by atoms with Gasteiger partial charge in [-0.25, -0.2) is 8.78 Å². The number of benzene rings is 2. The zero-order valence-corrected chi connectivity index (χ0v) is 14.6. The molecule has 134 valence electrons. The molecule has 3 rings (SSSR count). The van der Waals surface area contributed by atoms with E-state index in [1.165, 1.54) is 6.07 Å². The number of aryl methyl sites for hydroxylation is 1. The highest BCUT2D eigenvalue weighted by Gasteiger charge is 2.17. The predicted octanol–water partition coefficient (Wildman–Crippen LogP) is 4.63. The van der Waals surface area contributed by atoms with Crippen molar-refractivity contribution in [1.29, 1.82) is 0 Å². The zero-order valence-electron chi connectivity index (χ0n) is 14.6. The summed E-state index contributed by atoms with van der Waals surface area (Å²) in [7, 11) is 1.60. The van der Waals surface area contributed by atoms with Gasteiger partial charge in [-0.05, 0) is 56.3 Å². The van der Waals surface area contributed by atoms with E-state index in [0.29, 0.717) is 5.56 Å². The Morgan fingerprint density at radius 2 is 1.69 bits per heavy atom. The molecule has 0 aliphatic rings. The van der Waals surface area contributed by atoms with Gasteiger partial charge in [0.15, 0.2) is 11.6 Å². The van der Waals surface area contributed by atoms with Gasteiger partial charge in [0.2, 0.25) is 0 Å². The molecule has 26 heavy (non-hydrogen) atoms. The topological polar surface area (TPSA) is 43.3 Å². The molecule has 0 saturated heterocycles. The van der Waals surface area contributed by atoms with Gasteiger partial charge in [0.1, 0.15) is 5.75 Å². The Kier molecular flexibility index (Phi) is 4.75. The normalized spacial score (nSPS) is 10.7. The average molecular weight is 356 g/mol.